The van der Waals surface area contributed by atoms with Crippen LogP contribution in [-0.2, 0) is 0 Å². The molecule has 3 aromatic rings. The minimum Gasteiger partial charge on any atom is -0.256 e. The summed E-state index contributed by atoms with van der Waals surface area (Å²) in [5.41, 5.74) is 2.27. The first-order chi connectivity index (χ1) is 10.4. The zero-order chi connectivity index (χ0) is 14.1. The molecule has 0 aliphatic carbocycles. The van der Waals surface area contributed by atoms with Crippen LogP contribution in [0.1, 0.15) is 5.56 Å². The van der Waals surface area contributed by atoms with Crippen molar-refractivity contribution in [3.63, 3.8) is 0 Å². The van der Waals surface area contributed by atoms with E-state index in [4.69, 9.17) is 0 Å². The van der Waals surface area contributed by atoms with Gasteiger partial charge in [-0.05, 0) is 40.6 Å². The third-order valence-corrected chi connectivity index (χ3v) is 4.72. The number of fused-ring (bicyclic) bond motifs is 2. The third-order valence-electron chi connectivity index (χ3n) is 3.56. The van der Waals surface area contributed by atoms with Crippen LogP contribution >= 0.6 is 11.8 Å². The smallest absolute Gasteiger partial charge is 0.0768 e. The Morgan fingerprint density at radius 2 is 1.57 bits per heavy atom. The van der Waals surface area contributed by atoms with Crippen LogP contribution in [0.3, 0.4) is 0 Å². The van der Waals surface area contributed by atoms with Gasteiger partial charge in [0, 0.05) is 16.0 Å². The van der Waals surface area contributed by atoms with Crippen LogP contribution in [0.4, 0.5) is 5.69 Å². The van der Waals surface area contributed by atoms with Gasteiger partial charge in [-0.15, -0.1) is 0 Å². The number of para-hydroxylation sites is 1. The van der Waals surface area contributed by atoms with E-state index in [0.29, 0.717) is 0 Å². The highest BCUT2D eigenvalue weighted by molar-refractivity contribution is 8.08. The average molecular weight is 287 g/mol. The maximum Gasteiger partial charge on any atom is 0.0768 e. The van der Waals surface area contributed by atoms with E-state index in [9.17, 15) is 0 Å². The van der Waals surface area contributed by atoms with Crippen LogP contribution in [0, 0.1) is 0 Å². The van der Waals surface area contributed by atoms with Crippen LogP contribution in [0.2, 0.25) is 0 Å². The number of nitrogens with zero attached hydrogens (tertiary/aromatic N) is 1. The first kappa shape index (κ1) is 12.4. The Bertz CT molecular complexity index is 877. The fraction of sp³-hybridized carbons (Fsp3) is 0. The standard InChI is InChI=1S/C19H13NS/c1-2-6-15-13-16(10-9-14(15)5-1)18-11-12-20-17-7-3-4-8-19(17)21-18/h1-13H. The summed E-state index contributed by atoms with van der Waals surface area (Å²) in [6, 6.07) is 23.3. The van der Waals surface area contributed by atoms with Crippen molar-refractivity contribution < 1.29 is 0 Å². The Morgan fingerprint density at radius 3 is 2.52 bits per heavy atom. The maximum absolute atomic E-state index is 4.50. The van der Waals surface area contributed by atoms with Gasteiger partial charge in [0.25, 0.3) is 0 Å². The summed E-state index contributed by atoms with van der Waals surface area (Å²) in [5, 5.41) is 2.54. The lowest BCUT2D eigenvalue weighted by Crippen LogP contribution is -1.82. The highest BCUT2D eigenvalue weighted by Crippen LogP contribution is 2.41. The van der Waals surface area contributed by atoms with Crippen LogP contribution in [0.15, 0.2) is 82.7 Å². The molecule has 0 spiro atoms. The van der Waals surface area contributed by atoms with Crippen LogP contribution in [0.5, 0.6) is 0 Å². The van der Waals surface area contributed by atoms with E-state index in [1.165, 1.54) is 26.1 Å². The lowest BCUT2D eigenvalue weighted by atomic mass is 10.1. The molecule has 0 saturated carbocycles. The molecule has 0 N–H and O–H groups in total. The third kappa shape index (κ3) is 2.39. The minimum atomic E-state index is 1.04. The Morgan fingerprint density at radius 1 is 0.762 bits per heavy atom. The van der Waals surface area contributed by atoms with E-state index in [1.807, 2.05) is 12.3 Å². The maximum atomic E-state index is 4.50. The molecule has 1 nitrogen and oxygen atoms in total. The van der Waals surface area contributed by atoms with E-state index in [1.54, 1.807) is 11.8 Å². The zero-order valence-corrected chi connectivity index (χ0v) is 12.2. The van der Waals surface area contributed by atoms with Gasteiger partial charge in [-0.25, -0.2) is 0 Å². The van der Waals surface area contributed by atoms with Gasteiger partial charge in [0.15, 0.2) is 0 Å². The highest BCUT2D eigenvalue weighted by atomic mass is 32.2. The lowest BCUT2D eigenvalue weighted by Gasteiger charge is -2.08. The molecule has 0 bridgehead atoms. The van der Waals surface area contributed by atoms with Crippen molar-refractivity contribution in [2.45, 2.75) is 4.90 Å². The summed E-state index contributed by atoms with van der Waals surface area (Å²) in [6.07, 6.45) is 3.98. The largest absolute Gasteiger partial charge is 0.256 e. The molecule has 1 aliphatic rings. The first-order valence-corrected chi connectivity index (χ1v) is 7.72. The molecule has 0 aromatic heterocycles. The number of benzene rings is 3. The molecule has 0 amide bonds. The molecule has 100 valence electrons. The van der Waals surface area contributed by atoms with E-state index in [2.05, 4.69) is 71.7 Å². The van der Waals surface area contributed by atoms with Gasteiger partial charge in [0.2, 0.25) is 0 Å². The number of allylic oxidation sites excluding steroid dienone is 1. The topological polar surface area (TPSA) is 12.4 Å². The summed E-state index contributed by atoms with van der Waals surface area (Å²) in [4.78, 5) is 6.93. The number of hydrogen-bond donors (Lipinski definition) is 0. The first-order valence-electron chi connectivity index (χ1n) is 6.90. The monoisotopic (exact) mass is 287 g/mol. The van der Waals surface area contributed by atoms with Crippen LogP contribution in [-0.4, -0.2) is 6.21 Å². The Kier molecular flexibility index (Phi) is 3.09. The van der Waals surface area contributed by atoms with Gasteiger partial charge >= 0.3 is 0 Å². The van der Waals surface area contributed by atoms with E-state index < -0.39 is 0 Å². The predicted octanol–water partition coefficient (Wildman–Crippen LogP) is 5.69. The second kappa shape index (κ2) is 5.23. The van der Waals surface area contributed by atoms with Gasteiger partial charge < -0.3 is 0 Å². The second-order valence-electron chi connectivity index (χ2n) is 4.94. The number of hydrogen-bond acceptors (Lipinski definition) is 2. The highest BCUT2D eigenvalue weighted by Gasteiger charge is 2.10. The average Bonchev–Trinajstić information content (AvgIpc) is 2.76. The van der Waals surface area contributed by atoms with Crippen molar-refractivity contribution >= 4 is 39.3 Å². The molecule has 3 aromatic carbocycles. The molecule has 0 radical (unpaired) electrons. The molecule has 4 rings (SSSR count). The summed E-state index contributed by atoms with van der Waals surface area (Å²) >= 11 is 1.78. The van der Waals surface area contributed by atoms with Crippen molar-refractivity contribution in [3.05, 3.63) is 78.4 Å². The molecule has 0 unspecified atom stereocenters. The SMILES string of the molecule is C1=Nc2ccccc2SC(c2ccc3ccccc3c2)=C1. The predicted molar refractivity (Wildman–Crippen MR) is 92.4 cm³/mol. The van der Waals surface area contributed by atoms with Crippen molar-refractivity contribution in [3.8, 4) is 0 Å². The van der Waals surface area contributed by atoms with Gasteiger partial charge in [-0.2, -0.15) is 0 Å². The fourth-order valence-electron chi connectivity index (χ4n) is 2.49. The molecule has 1 aliphatic heterocycles. The second-order valence-corrected chi connectivity index (χ2v) is 6.02. The molecule has 0 saturated heterocycles. The molecule has 1 heterocycles. The summed E-state index contributed by atoms with van der Waals surface area (Å²) < 4.78 is 0. The van der Waals surface area contributed by atoms with Crippen LogP contribution < -0.4 is 0 Å². The summed E-state index contributed by atoms with van der Waals surface area (Å²) in [7, 11) is 0. The Balaban J connectivity index is 1.79. The van der Waals surface area contributed by atoms with Crippen molar-refractivity contribution in [2.24, 2.45) is 4.99 Å². The van der Waals surface area contributed by atoms with Gasteiger partial charge in [-0.1, -0.05) is 60.3 Å². The Hall–Kier alpha value is -2.32. The van der Waals surface area contributed by atoms with Crippen LogP contribution in [0.25, 0.3) is 15.7 Å². The van der Waals surface area contributed by atoms with E-state index in [0.717, 1.165) is 5.69 Å². The summed E-state index contributed by atoms with van der Waals surface area (Å²) in [5.74, 6) is 0. The number of aliphatic imine (C=N–C) groups is 1. The normalized spacial score (nSPS) is 13.6. The zero-order valence-electron chi connectivity index (χ0n) is 11.4. The van der Waals surface area contributed by atoms with E-state index >= 15 is 0 Å². The van der Waals surface area contributed by atoms with Gasteiger partial charge in [0.1, 0.15) is 0 Å². The molecule has 21 heavy (non-hydrogen) atoms. The van der Waals surface area contributed by atoms with Gasteiger partial charge in [0.05, 0.1) is 5.69 Å². The minimum absolute atomic E-state index is 1.04. The van der Waals surface area contributed by atoms with Crippen molar-refractivity contribution in [1.82, 2.24) is 0 Å². The molecule has 2 heteroatoms. The number of thioether (sulfide) groups is 1. The fourth-order valence-corrected chi connectivity index (χ4v) is 3.47. The lowest BCUT2D eigenvalue weighted by molar-refractivity contribution is 1.39. The van der Waals surface area contributed by atoms with Crippen molar-refractivity contribution in [1.29, 1.82) is 0 Å². The summed E-state index contributed by atoms with van der Waals surface area (Å²) in [6.45, 7) is 0. The van der Waals surface area contributed by atoms with Crippen molar-refractivity contribution in [2.75, 3.05) is 0 Å². The number of rotatable bonds is 1. The van der Waals surface area contributed by atoms with Gasteiger partial charge in [-0.3, -0.25) is 4.99 Å². The quantitative estimate of drug-likeness (QED) is 0.560. The molecule has 0 fully saturated rings. The molecular formula is C19H13NS. The molecule has 0 atom stereocenters. The Labute approximate surface area is 128 Å². The molecular weight excluding hydrogens is 274 g/mol. The van der Waals surface area contributed by atoms with E-state index in [-0.39, 0.29) is 0 Å².